The maximum absolute atomic E-state index is 12.3. The number of nitrogens with zero attached hydrogens (tertiary/aromatic N) is 3. The third kappa shape index (κ3) is 3.08. The lowest BCUT2D eigenvalue weighted by atomic mass is 10.2. The lowest BCUT2D eigenvalue weighted by Crippen LogP contribution is -2.33. The summed E-state index contributed by atoms with van der Waals surface area (Å²) in [5, 5.41) is 12.7. The molecule has 0 bridgehead atoms. The molecule has 1 N–H and O–H groups in total. The van der Waals surface area contributed by atoms with E-state index in [9.17, 15) is 28.1 Å². The molecule has 25 heavy (non-hydrogen) atoms. The van der Waals surface area contributed by atoms with E-state index in [1.807, 2.05) is 0 Å². The molecule has 0 radical (unpaired) electrons. The topological polar surface area (TPSA) is 140 Å². The van der Waals surface area contributed by atoms with Gasteiger partial charge in [0.15, 0.2) is 5.13 Å². The number of amides is 2. The summed E-state index contributed by atoms with van der Waals surface area (Å²) >= 11 is 0.677. The van der Waals surface area contributed by atoms with Crippen molar-refractivity contribution >= 4 is 43.3 Å². The summed E-state index contributed by atoms with van der Waals surface area (Å²) in [6.45, 7) is -0.338. The lowest BCUT2D eigenvalue weighted by Gasteiger charge is -2.14. The number of anilines is 1. The van der Waals surface area contributed by atoms with E-state index in [4.69, 9.17) is 0 Å². The minimum Gasteiger partial charge on any atom is -0.302 e. The molecule has 0 atom stereocenters. The maximum Gasteiger partial charge on any atom is 0.345 e. The Morgan fingerprint density at radius 3 is 2.72 bits per heavy atom. The van der Waals surface area contributed by atoms with Crippen LogP contribution in [0.5, 0.6) is 0 Å². The molecule has 0 spiro atoms. The Balaban J connectivity index is 1.66. The fourth-order valence-corrected chi connectivity index (χ4v) is 4.46. The summed E-state index contributed by atoms with van der Waals surface area (Å²) in [6, 6.07) is 5.80. The van der Waals surface area contributed by atoms with Crippen LogP contribution < -0.4 is 5.32 Å². The largest absolute Gasteiger partial charge is 0.345 e. The summed E-state index contributed by atoms with van der Waals surface area (Å²) < 4.78 is 25.3. The standard InChI is InChI=1S/C13H10N4O6S2/c18-10(15-13-14-7-11(24-13)17(20)21)5-6-16-12(19)8-3-1-2-4-9(8)25(16,22)23/h1-4,7H,5-6H2,(H,14,15,18). The Kier molecular flexibility index (Phi) is 4.22. The Bertz CT molecular complexity index is 984. The zero-order valence-electron chi connectivity index (χ0n) is 12.4. The van der Waals surface area contributed by atoms with Gasteiger partial charge in [-0.2, -0.15) is 0 Å². The minimum atomic E-state index is -3.97. The number of aromatic nitrogens is 1. The van der Waals surface area contributed by atoms with Crippen LogP contribution in [-0.4, -0.2) is 41.0 Å². The summed E-state index contributed by atoms with van der Waals surface area (Å²) in [4.78, 5) is 37.6. The molecule has 2 amide bonds. The number of fused-ring (bicyclic) bond motifs is 1. The number of nitrogens with one attached hydrogen (secondary N) is 1. The van der Waals surface area contributed by atoms with Crippen LogP contribution in [0.15, 0.2) is 35.4 Å². The van der Waals surface area contributed by atoms with E-state index in [-0.39, 0.29) is 33.6 Å². The predicted octanol–water partition coefficient (Wildman–Crippen LogP) is 1.22. The summed E-state index contributed by atoms with van der Waals surface area (Å²) in [5.41, 5.74) is 0.0680. The average Bonchev–Trinajstić information content (AvgIpc) is 3.09. The first-order chi connectivity index (χ1) is 11.8. The van der Waals surface area contributed by atoms with Gasteiger partial charge in [0, 0.05) is 13.0 Å². The monoisotopic (exact) mass is 382 g/mol. The van der Waals surface area contributed by atoms with Crippen LogP contribution in [0, 0.1) is 10.1 Å². The molecule has 0 aliphatic carbocycles. The predicted molar refractivity (Wildman–Crippen MR) is 86.7 cm³/mol. The molecule has 12 heteroatoms. The first-order valence-corrected chi connectivity index (χ1v) is 9.12. The van der Waals surface area contributed by atoms with Crippen molar-refractivity contribution in [1.82, 2.24) is 9.29 Å². The summed E-state index contributed by atoms with van der Waals surface area (Å²) in [6.07, 6.45) is 0.706. The number of benzene rings is 1. The van der Waals surface area contributed by atoms with E-state index in [1.54, 1.807) is 6.07 Å². The molecule has 0 unspecified atom stereocenters. The second kappa shape index (κ2) is 6.22. The number of carbonyl (C=O) groups excluding carboxylic acids is 2. The second-order valence-corrected chi connectivity index (χ2v) is 7.78. The third-order valence-corrected chi connectivity index (χ3v) is 6.08. The molecule has 10 nitrogen and oxygen atoms in total. The summed E-state index contributed by atoms with van der Waals surface area (Å²) in [5.74, 6) is -1.29. The van der Waals surface area contributed by atoms with Gasteiger partial charge in [-0.3, -0.25) is 19.7 Å². The highest BCUT2D eigenvalue weighted by molar-refractivity contribution is 7.90. The Hall–Kier alpha value is -2.86. The van der Waals surface area contributed by atoms with Gasteiger partial charge in [-0.1, -0.05) is 12.1 Å². The van der Waals surface area contributed by atoms with Gasteiger partial charge in [-0.05, 0) is 23.5 Å². The average molecular weight is 382 g/mol. The van der Waals surface area contributed by atoms with Gasteiger partial charge < -0.3 is 5.32 Å². The molecule has 2 heterocycles. The SMILES string of the molecule is O=C(CCN1C(=O)c2ccccc2S1(=O)=O)Nc1ncc([N+](=O)[O-])s1. The summed E-state index contributed by atoms with van der Waals surface area (Å²) in [7, 11) is -3.97. The first kappa shape index (κ1) is 17.0. The van der Waals surface area contributed by atoms with E-state index in [0.717, 1.165) is 6.20 Å². The number of hydrogen-bond acceptors (Lipinski definition) is 8. The van der Waals surface area contributed by atoms with Crippen LogP contribution in [-0.2, 0) is 14.8 Å². The molecule has 1 aliphatic heterocycles. The van der Waals surface area contributed by atoms with Gasteiger partial charge in [0.25, 0.3) is 15.9 Å². The number of sulfonamides is 1. The van der Waals surface area contributed by atoms with Crippen LogP contribution in [0.3, 0.4) is 0 Å². The van der Waals surface area contributed by atoms with Gasteiger partial charge in [-0.25, -0.2) is 17.7 Å². The normalized spacial score (nSPS) is 15.0. The van der Waals surface area contributed by atoms with E-state index < -0.39 is 26.8 Å². The van der Waals surface area contributed by atoms with E-state index in [2.05, 4.69) is 10.3 Å². The van der Waals surface area contributed by atoms with Crippen molar-refractivity contribution in [1.29, 1.82) is 0 Å². The van der Waals surface area contributed by atoms with E-state index in [1.165, 1.54) is 18.2 Å². The van der Waals surface area contributed by atoms with Crippen LogP contribution >= 0.6 is 11.3 Å². The highest BCUT2D eigenvalue weighted by Gasteiger charge is 2.40. The van der Waals surface area contributed by atoms with Crippen molar-refractivity contribution in [2.45, 2.75) is 11.3 Å². The highest BCUT2D eigenvalue weighted by atomic mass is 32.2. The van der Waals surface area contributed by atoms with Crippen molar-refractivity contribution < 1.29 is 22.9 Å². The number of rotatable bonds is 5. The Morgan fingerprint density at radius 2 is 2.08 bits per heavy atom. The molecular formula is C13H10N4O6S2. The number of thiazole rings is 1. The molecule has 1 aromatic carbocycles. The van der Waals surface area contributed by atoms with Crippen molar-refractivity contribution in [3.63, 3.8) is 0 Å². The van der Waals surface area contributed by atoms with Gasteiger partial charge >= 0.3 is 5.00 Å². The molecule has 0 fully saturated rings. The smallest absolute Gasteiger partial charge is 0.302 e. The molecule has 130 valence electrons. The van der Waals surface area contributed by atoms with Crippen molar-refractivity contribution in [3.8, 4) is 0 Å². The molecular weight excluding hydrogens is 372 g/mol. The first-order valence-electron chi connectivity index (χ1n) is 6.87. The highest BCUT2D eigenvalue weighted by Crippen LogP contribution is 2.30. The third-order valence-electron chi connectivity index (χ3n) is 3.37. The Morgan fingerprint density at radius 1 is 1.36 bits per heavy atom. The number of nitro groups is 1. The molecule has 3 rings (SSSR count). The van der Waals surface area contributed by atoms with E-state index >= 15 is 0 Å². The quantitative estimate of drug-likeness (QED) is 0.606. The van der Waals surface area contributed by atoms with Crippen molar-refractivity contribution in [2.75, 3.05) is 11.9 Å². The zero-order valence-corrected chi connectivity index (χ0v) is 14.0. The van der Waals surface area contributed by atoms with Crippen LogP contribution in [0.1, 0.15) is 16.8 Å². The van der Waals surface area contributed by atoms with Crippen LogP contribution in [0.2, 0.25) is 0 Å². The van der Waals surface area contributed by atoms with Gasteiger partial charge in [0.2, 0.25) is 5.91 Å². The fourth-order valence-electron chi connectivity index (χ4n) is 2.24. The minimum absolute atomic E-state index is 0.0237. The molecule has 1 aromatic heterocycles. The maximum atomic E-state index is 12.3. The van der Waals surface area contributed by atoms with Crippen LogP contribution in [0.25, 0.3) is 0 Å². The lowest BCUT2D eigenvalue weighted by molar-refractivity contribution is -0.380. The molecule has 0 saturated carbocycles. The van der Waals surface area contributed by atoms with E-state index in [0.29, 0.717) is 15.6 Å². The van der Waals surface area contributed by atoms with Crippen LogP contribution in [0.4, 0.5) is 10.1 Å². The molecule has 0 saturated heterocycles. The van der Waals surface area contributed by atoms with Gasteiger partial charge in [0.05, 0.1) is 10.5 Å². The second-order valence-electron chi connectivity index (χ2n) is 4.94. The fraction of sp³-hybridized carbons (Fsp3) is 0.154. The molecule has 2 aromatic rings. The van der Waals surface area contributed by atoms with Crippen molar-refractivity contribution in [3.05, 3.63) is 46.1 Å². The Labute approximate surface area is 145 Å². The van der Waals surface area contributed by atoms with Gasteiger partial charge in [-0.15, -0.1) is 0 Å². The zero-order chi connectivity index (χ0) is 18.2. The van der Waals surface area contributed by atoms with Crippen molar-refractivity contribution in [2.24, 2.45) is 0 Å². The van der Waals surface area contributed by atoms with Gasteiger partial charge in [0.1, 0.15) is 11.1 Å². The number of hydrogen-bond donors (Lipinski definition) is 1. The number of carbonyl (C=O) groups is 2. The molecule has 1 aliphatic rings.